The van der Waals surface area contributed by atoms with Crippen molar-refractivity contribution in [2.24, 2.45) is 0 Å². The molecule has 2 N–H and O–H groups in total. The fourth-order valence-electron chi connectivity index (χ4n) is 0.864. The number of para-hydroxylation sites is 1. The molecule has 1 aromatic carbocycles. The van der Waals surface area contributed by atoms with E-state index in [0.717, 1.165) is 5.69 Å². The van der Waals surface area contributed by atoms with Gasteiger partial charge in [0.1, 0.15) is 6.23 Å². The van der Waals surface area contributed by atoms with E-state index in [-0.39, 0.29) is 4.32 Å². The van der Waals surface area contributed by atoms with Gasteiger partial charge in [0.2, 0.25) is 0 Å². The standard InChI is InChI=1S/C10H14BrNO/c1-10(2,11)9(13)12-8-6-4-3-5-7-8/h3-7,9,12-13H,1-2H3. The summed E-state index contributed by atoms with van der Waals surface area (Å²) in [6.45, 7) is 3.82. The third kappa shape index (κ3) is 3.36. The minimum atomic E-state index is -0.602. The van der Waals surface area contributed by atoms with Gasteiger partial charge in [-0.25, -0.2) is 0 Å². The van der Waals surface area contributed by atoms with Crippen molar-refractivity contribution < 1.29 is 5.11 Å². The molecule has 0 fully saturated rings. The first kappa shape index (κ1) is 10.5. The van der Waals surface area contributed by atoms with Crippen LogP contribution >= 0.6 is 15.9 Å². The van der Waals surface area contributed by atoms with Crippen molar-refractivity contribution in [1.82, 2.24) is 0 Å². The average molecular weight is 244 g/mol. The molecule has 0 saturated carbocycles. The van der Waals surface area contributed by atoms with Gasteiger partial charge in [-0.2, -0.15) is 0 Å². The smallest absolute Gasteiger partial charge is 0.139 e. The zero-order valence-electron chi connectivity index (χ0n) is 7.79. The monoisotopic (exact) mass is 243 g/mol. The normalized spacial score (nSPS) is 13.8. The van der Waals surface area contributed by atoms with E-state index in [1.807, 2.05) is 44.2 Å². The molecule has 0 saturated heterocycles. The van der Waals surface area contributed by atoms with Gasteiger partial charge in [-0.05, 0) is 26.0 Å². The predicted molar refractivity (Wildman–Crippen MR) is 59.1 cm³/mol. The van der Waals surface area contributed by atoms with E-state index in [4.69, 9.17) is 0 Å². The van der Waals surface area contributed by atoms with E-state index in [2.05, 4.69) is 21.2 Å². The van der Waals surface area contributed by atoms with Crippen LogP contribution in [0.25, 0.3) is 0 Å². The van der Waals surface area contributed by atoms with Crippen LogP contribution in [0.5, 0.6) is 0 Å². The summed E-state index contributed by atoms with van der Waals surface area (Å²) in [6, 6.07) is 9.63. The largest absolute Gasteiger partial charge is 0.372 e. The summed E-state index contributed by atoms with van der Waals surface area (Å²) in [5.41, 5.74) is 0.919. The quantitative estimate of drug-likeness (QED) is 0.632. The first-order chi connectivity index (χ1) is 6.00. The van der Waals surface area contributed by atoms with Crippen LogP contribution in [0.15, 0.2) is 30.3 Å². The number of alkyl halides is 1. The lowest BCUT2D eigenvalue weighted by atomic mass is 10.2. The van der Waals surface area contributed by atoms with Crippen molar-refractivity contribution in [1.29, 1.82) is 0 Å². The fraction of sp³-hybridized carbons (Fsp3) is 0.400. The molecule has 3 heteroatoms. The topological polar surface area (TPSA) is 32.3 Å². The van der Waals surface area contributed by atoms with Crippen molar-refractivity contribution in [3.8, 4) is 0 Å². The molecule has 0 amide bonds. The predicted octanol–water partition coefficient (Wildman–Crippen LogP) is 2.59. The maximum atomic E-state index is 9.68. The third-order valence-corrected chi connectivity index (χ3v) is 2.16. The molecule has 2 nitrogen and oxygen atoms in total. The fourth-order valence-corrected chi connectivity index (χ4v) is 0.978. The molecule has 0 bridgehead atoms. The third-order valence-electron chi connectivity index (χ3n) is 1.73. The molecular weight excluding hydrogens is 230 g/mol. The second kappa shape index (κ2) is 4.11. The number of nitrogens with one attached hydrogen (secondary N) is 1. The van der Waals surface area contributed by atoms with Gasteiger partial charge in [-0.3, -0.25) is 0 Å². The number of anilines is 1. The molecule has 1 unspecified atom stereocenters. The molecule has 0 aromatic heterocycles. The summed E-state index contributed by atoms with van der Waals surface area (Å²) in [6.07, 6.45) is -0.602. The van der Waals surface area contributed by atoms with Crippen LogP contribution in [0.3, 0.4) is 0 Å². The Hall–Kier alpha value is -0.540. The minimum absolute atomic E-state index is 0.331. The maximum Gasteiger partial charge on any atom is 0.139 e. The molecule has 0 heterocycles. The molecule has 1 aromatic rings. The first-order valence-electron chi connectivity index (χ1n) is 4.19. The molecule has 0 aliphatic carbocycles. The molecule has 0 aliphatic heterocycles. The van der Waals surface area contributed by atoms with Gasteiger partial charge in [0.05, 0.1) is 4.32 Å². The van der Waals surface area contributed by atoms with E-state index < -0.39 is 6.23 Å². The summed E-state index contributed by atoms with van der Waals surface area (Å²) in [4.78, 5) is 0. The van der Waals surface area contributed by atoms with E-state index in [9.17, 15) is 5.11 Å². The first-order valence-corrected chi connectivity index (χ1v) is 4.98. The highest BCUT2D eigenvalue weighted by molar-refractivity contribution is 9.10. The van der Waals surface area contributed by atoms with E-state index in [1.54, 1.807) is 0 Å². The molecule has 72 valence electrons. The Balaban J connectivity index is 2.61. The highest BCUT2D eigenvalue weighted by Gasteiger charge is 2.23. The molecule has 13 heavy (non-hydrogen) atoms. The van der Waals surface area contributed by atoms with Gasteiger partial charge in [0, 0.05) is 5.69 Å². The molecule has 1 rings (SSSR count). The Morgan fingerprint density at radius 2 is 1.85 bits per heavy atom. The minimum Gasteiger partial charge on any atom is -0.372 e. The molecule has 0 spiro atoms. The van der Waals surface area contributed by atoms with Crippen molar-refractivity contribution in [2.75, 3.05) is 5.32 Å². The summed E-state index contributed by atoms with van der Waals surface area (Å²) >= 11 is 3.39. The number of hydrogen-bond acceptors (Lipinski definition) is 2. The van der Waals surface area contributed by atoms with Crippen LogP contribution in [0.2, 0.25) is 0 Å². The van der Waals surface area contributed by atoms with Crippen LogP contribution in [-0.2, 0) is 0 Å². The second-order valence-electron chi connectivity index (χ2n) is 3.48. The summed E-state index contributed by atoms with van der Waals surface area (Å²) in [7, 11) is 0. The zero-order chi connectivity index (χ0) is 9.90. The van der Waals surface area contributed by atoms with Gasteiger partial charge >= 0.3 is 0 Å². The van der Waals surface area contributed by atoms with Gasteiger partial charge in [-0.1, -0.05) is 34.1 Å². The van der Waals surface area contributed by atoms with Gasteiger partial charge in [0.25, 0.3) is 0 Å². The van der Waals surface area contributed by atoms with Gasteiger partial charge in [0.15, 0.2) is 0 Å². The van der Waals surface area contributed by atoms with Crippen molar-refractivity contribution in [3.05, 3.63) is 30.3 Å². The molecule has 1 atom stereocenters. The maximum absolute atomic E-state index is 9.68. The van der Waals surface area contributed by atoms with E-state index >= 15 is 0 Å². The average Bonchev–Trinajstić information content (AvgIpc) is 2.04. The van der Waals surface area contributed by atoms with Gasteiger partial charge in [-0.15, -0.1) is 0 Å². The van der Waals surface area contributed by atoms with Gasteiger partial charge < -0.3 is 10.4 Å². The number of benzene rings is 1. The molecule has 0 radical (unpaired) electrons. The second-order valence-corrected chi connectivity index (χ2v) is 5.52. The highest BCUT2D eigenvalue weighted by Crippen LogP contribution is 2.22. The van der Waals surface area contributed by atoms with Crippen LogP contribution in [0, 0.1) is 0 Å². The zero-order valence-corrected chi connectivity index (χ0v) is 9.38. The Kier molecular flexibility index (Phi) is 3.33. The summed E-state index contributed by atoms with van der Waals surface area (Å²) in [5.74, 6) is 0. The van der Waals surface area contributed by atoms with Crippen LogP contribution in [0.1, 0.15) is 13.8 Å². The Bertz CT molecular complexity index is 255. The Morgan fingerprint density at radius 3 is 2.31 bits per heavy atom. The van der Waals surface area contributed by atoms with Crippen molar-refractivity contribution >= 4 is 21.6 Å². The van der Waals surface area contributed by atoms with Crippen LogP contribution < -0.4 is 5.32 Å². The van der Waals surface area contributed by atoms with E-state index in [0.29, 0.717) is 0 Å². The van der Waals surface area contributed by atoms with Crippen molar-refractivity contribution in [2.45, 2.75) is 24.4 Å². The van der Waals surface area contributed by atoms with E-state index in [1.165, 1.54) is 0 Å². The Labute approximate surface area is 87.1 Å². The Morgan fingerprint density at radius 1 is 1.31 bits per heavy atom. The van der Waals surface area contributed by atoms with Crippen molar-refractivity contribution in [3.63, 3.8) is 0 Å². The number of aliphatic hydroxyl groups is 1. The number of rotatable bonds is 3. The lowest BCUT2D eigenvalue weighted by Crippen LogP contribution is -2.36. The van der Waals surface area contributed by atoms with Crippen LogP contribution in [-0.4, -0.2) is 15.7 Å². The lowest BCUT2D eigenvalue weighted by molar-refractivity contribution is 0.173. The number of halogens is 1. The number of hydrogen-bond donors (Lipinski definition) is 2. The summed E-state index contributed by atoms with van der Waals surface area (Å²) in [5, 5.41) is 12.7. The highest BCUT2D eigenvalue weighted by atomic mass is 79.9. The SMILES string of the molecule is CC(C)(Br)C(O)Nc1ccccc1. The lowest BCUT2D eigenvalue weighted by Gasteiger charge is -2.25. The molecular formula is C10H14BrNO. The number of aliphatic hydroxyl groups excluding tert-OH is 1. The molecule has 0 aliphatic rings. The van der Waals surface area contributed by atoms with Crippen LogP contribution in [0.4, 0.5) is 5.69 Å². The summed E-state index contributed by atoms with van der Waals surface area (Å²) < 4.78 is -0.331.